The Morgan fingerprint density at radius 3 is 2.63 bits per heavy atom. The Labute approximate surface area is 116 Å². The normalized spacial score (nSPS) is 10.3. The van der Waals surface area contributed by atoms with Crippen LogP contribution in [0.2, 0.25) is 5.28 Å². The Morgan fingerprint density at radius 1 is 1.21 bits per heavy atom. The summed E-state index contributed by atoms with van der Waals surface area (Å²) in [5.41, 5.74) is 1.22. The van der Waals surface area contributed by atoms with Crippen molar-refractivity contribution >= 4 is 23.5 Å². The van der Waals surface area contributed by atoms with Gasteiger partial charge in [0.1, 0.15) is 0 Å². The van der Waals surface area contributed by atoms with Crippen LogP contribution in [-0.2, 0) is 6.42 Å². The van der Waals surface area contributed by atoms with Crippen LogP contribution in [-0.4, -0.2) is 40.6 Å². The first-order valence-electron chi connectivity index (χ1n) is 5.88. The van der Waals surface area contributed by atoms with E-state index in [9.17, 15) is 0 Å². The highest BCUT2D eigenvalue weighted by Crippen LogP contribution is 2.12. The van der Waals surface area contributed by atoms with Crippen molar-refractivity contribution < 1.29 is 0 Å². The lowest BCUT2D eigenvalue weighted by molar-refractivity contribution is 0.829. The molecule has 0 unspecified atom stereocenters. The molecule has 0 aliphatic rings. The van der Waals surface area contributed by atoms with Crippen LogP contribution in [0.25, 0.3) is 0 Å². The SMILES string of the molecule is CNc1nc(Cl)nc(N(C)CCc2ccncc2)n1. The number of anilines is 2. The second-order valence-corrected chi connectivity index (χ2v) is 4.34. The predicted octanol–water partition coefficient (Wildman–Crippen LogP) is 1.64. The van der Waals surface area contributed by atoms with Gasteiger partial charge >= 0.3 is 0 Å². The zero-order chi connectivity index (χ0) is 13.7. The molecule has 19 heavy (non-hydrogen) atoms. The van der Waals surface area contributed by atoms with Crippen LogP contribution in [0, 0.1) is 0 Å². The number of hydrogen-bond acceptors (Lipinski definition) is 6. The smallest absolute Gasteiger partial charge is 0.231 e. The van der Waals surface area contributed by atoms with Crippen molar-refractivity contribution in [2.75, 3.05) is 30.9 Å². The molecule has 0 radical (unpaired) electrons. The summed E-state index contributed by atoms with van der Waals surface area (Å²) in [6.45, 7) is 0.785. The molecule has 1 N–H and O–H groups in total. The van der Waals surface area contributed by atoms with Gasteiger partial charge in [0.15, 0.2) is 0 Å². The van der Waals surface area contributed by atoms with Crippen molar-refractivity contribution in [3.8, 4) is 0 Å². The Morgan fingerprint density at radius 2 is 1.95 bits per heavy atom. The minimum atomic E-state index is 0.185. The third-order valence-electron chi connectivity index (χ3n) is 2.65. The molecule has 2 aromatic rings. The van der Waals surface area contributed by atoms with Crippen LogP contribution < -0.4 is 10.2 Å². The molecule has 0 aromatic carbocycles. The van der Waals surface area contributed by atoms with Gasteiger partial charge in [0.2, 0.25) is 17.2 Å². The number of aromatic nitrogens is 4. The van der Waals surface area contributed by atoms with E-state index in [4.69, 9.17) is 11.6 Å². The molecule has 0 atom stereocenters. The number of halogens is 1. The summed E-state index contributed by atoms with van der Waals surface area (Å²) in [7, 11) is 3.67. The van der Waals surface area contributed by atoms with Crippen LogP contribution in [0.1, 0.15) is 5.56 Å². The fraction of sp³-hybridized carbons (Fsp3) is 0.333. The van der Waals surface area contributed by atoms with Crippen LogP contribution >= 0.6 is 11.6 Å². The molecule has 2 heterocycles. The largest absolute Gasteiger partial charge is 0.357 e. The molecule has 100 valence electrons. The topological polar surface area (TPSA) is 66.8 Å². The Kier molecular flexibility index (Phi) is 4.46. The molecular weight excluding hydrogens is 264 g/mol. The zero-order valence-electron chi connectivity index (χ0n) is 10.8. The van der Waals surface area contributed by atoms with Crippen molar-refractivity contribution in [3.05, 3.63) is 35.4 Å². The van der Waals surface area contributed by atoms with Crippen LogP contribution in [0.3, 0.4) is 0 Å². The van der Waals surface area contributed by atoms with E-state index in [-0.39, 0.29) is 5.28 Å². The van der Waals surface area contributed by atoms with Crippen molar-refractivity contribution in [1.82, 2.24) is 19.9 Å². The first kappa shape index (κ1) is 13.5. The summed E-state index contributed by atoms with van der Waals surface area (Å²) < 4.78 is 0. The van der Waals surface area contributed by atoms with E-state index in [0.29, 0.717) is 11.9 Å². The fourth-order valence-electron chi connectivity index (χ4n) is 1.57. The summed E-state index contributed by atoms with van der Waals surface area (Å²) >= 11 is 5.85. The Hall–Kier alpha value is -1.95. The van der Waals surface area contributed by atoms with Crippen molar-refractivity contribution in [2.24, 2.45) is 0 Å². The molecular formula is C12H15ClN6. The van der Waals surface area contributed by atoms with Crippen LogP contribution in [0.15, 0.2) is 24.5 Å². The van der Waals surface area contributed by atoms with E-state index in [0.717, 1.165) is 13.0 Å². The average molecular weight is 279 g/mol. The first-order chi connectivity index (χ1) is 9.19. The predicted molar refractivity (Wildman–Crippen MR) is 75.6 cm³/mol. The summed E-state index contributed by atoms with van der Waals surface area (Å²) in [4.78, 5) is 18.3. The average Bonchev–Trinajstić information content (AvgIpc) is 2.45. The van der Waals surface area contributed by atoms with Crippen molar-refractivity contribution in [3.63, 3.8) is 0 Å². The van der Waals surface area contributed by atoms with Gasteiger partial charge in [0, 0.05) is 33.0 Å². The molecule has 7 heteroatoms. The second kappa shape index (κ2) is 6.29. The van der Waals surface area contributed by atoms with Crippen molar-refractivity contribution in [1.29, 1.82) is 0 Å². The van der Waals surface area contributed by atoms with Gasteiger partial charge in [-0.3, -0.25) is 4.98 Å². The van der Waals surface area contributed by atoms with Gasteiger partial charge in [-0.05, 0) is 35.7 Å². The van der Waals surface area contributed by atoms with Gasteiger partial charge in [-0.1, -0.05) is 0 Å². The molecule has 0 aliphatic carbocycles. The minimum Gasteiger partial charge on any atom is -0.357 e. The highest BCUT2D eigenvalue weighted by atomic mass is 35.5. The van der Waals surface area contributed by atoms with E-state index in [1.54, 1.807) is 19.4 Å². The maximum Gasteiger partial charge on any atom is 0.231 e. The Balaban J connectivity index is 2.03. The number of likely N-dealkylation sites (N-methyl/N-ethyl adjacent to an activating group) is 1. The standard InChI is InChI=1S/C12H15ClN6/c1-14-11-16-10(13)17-12(18-11)19(2)8-5-9-3-6-15-7-4-9/h3-4,6-7H,5,8H2,1-2H3,(H,14,16,17,18). The van der Waals surface area contributed by atoms with E-state index in [2.05, 4.69) is 25.3 Å². The van der Waals surface area contributed by atoms with E-state index in [1.807, 2.05) is 24.1 Å². The number of pyridine rings is 1. The molecule has 0 bridgehead atoms. The quantitative estimate of drug-likeness (QED) is 0.897. The second-order valence-electron chi connectivity index (χ2n) is 4.01. The zero-order valence-corrected chi connectivity index (χ0v) is 11.6. The minimum absolute atomic E-state index is 0.185. The molecule has 2 rings (SSSR count). The summed E-state index contributed by atoms with van der Waals surface area (Å²) in [6.07, 6.45) is 4.46. The first-order valence-corrected chi connectivity index (χ1v) is 6.26. The highest BCUT2D eigenvalue weighted by molar-refractivity contribution is 6.28. The third-order valence-corrected chi connectivity index (χ3v) is 2.82. The summed E-state index contributed by atoms with van der Waals surface area (Å²) in [6, 6.07) is 3.99. The lowest BCUT2D eigenvalue weighted by atomic mass is 10.2. The maximum absolute atomic E-state index is 5.85. The molecule has 0 fully saturated rings. The molecule has 0 saturated carbocycles. The highest BCUT2D eigenvalue weighted by Gasteiger charge is 2.08. The molecule has 2 aromatic heterocycles. The lowest BCUT2D eigenvalue weighted by Gasteiger charge is -2.17. The number of nitrogens with zero attached hydrogens (tertiary/aromatic N) is 5. The maximum atomic E-state index is 5.85. The van der Waals surface area contributed by atoms with Gasteiger partial charge in [0.05, 0.1) is 0 Å². The van der Waals surface area contributed by atoms with E-state index < -0.39 is 0 Å². The number of nitrogens with one attached hydrogen (secondary N) is 1. The van der Waals surface area contributed by atoms with Crippen LogP contribution in [0.5, 0.6) is 0 Å². The summed E-state index contributed by atoms with van der Waals surface area (Å²) in [5, 5.41) is 3.04. The van der Waals surface area contributed by atoms with Crippen LogP contribution in [0.4, 0.5) is 11.9 Å². The fourth-order valence-corrected chi connectivity index (χ4v) is 1.72. The molecule has 0 saturated heterocycles. The molecule has 0 amide bonds. The van der Waals surface area contributed by atoms with Gasteiger partial charge in [-0.15, -0.1) is 0 Å². The third kappa shape index (κ3) is 3.75. The van der Waals surface area contributed by atoms with Gasteiger partial charge < -0.3 is 10.2 Å². The summed E-state index contributed by atoms with van der Waals surface area (Å²) in [5.74, 6) is 1.02. The lowest BCUT2D eigenvalue weighted by Crippen LogP contribution is -2.23. The number of hydrogen-bond donors (Lipinski definition) is 1. The monoisotopic (exact) mass is 278 g/mol. The van der Waals surface area contributed by atoms with E-state index >= 15 is 0 Å². The van der Waals surface area contributed by atoms with Gasteiger partial charge in [-0.25, -0.2) is 0 Å². The number of rotatable bonds is 5. The molecule has 0 spiro atoms. The van der Waals surface area contributed by atoms with Crippen molar-refractivity contribution in [2.45, 2.75) is 6.42 Å². The van der Waals surface area contributed by atoms with Gasteiger partial charge in [-0.2, -0.15) is 15.0 Å². The van der Waals surface area contributed by atoms with E-state index in [1.165, 1.54) is 5.56 Å². The molecule has 6 nitrogen and oxygen atoms in total. The van der Waals surface area contributed by atoms with Gasteiger partial charge in [0.25, 0.3) is 0 Å². The molecule has 0 aliphatic heterocycles. The Bertz CT molecular complexity index is 533.